The maximum absolute atomic E-state index is 12.5. The fourth-order valence-electron chi connectivity index (χ4n) is 2.13. The summed E-state index contributed by atoms with van der Waals surface area (Å²) < 4.78 is 29.2. The number of rotatable bonds is 7. The number of anilines is 1. The van der Waals surface area contributed by atoms with E-state index in [1.165, 1.54) is 11.3 Å². The molecule has 0 aliphatic rings. The first-order valence-electron chi connectivity index (χ1n) is 6.56. The number of hydrogen-bond donors (Lipinski definition) is 2. The van der Waals surface area contributed by atoms with Crippen LogP contribution < -0.4 is 10.0 Å². The predicted octanol–water partition coefficient (Wildman–Crippen LogP) is 1.37. The van der Waals surface area contributed by atoms with Crippen LogP contribution in [0.4, 0.5) is 5.13 Å². The first-order valence-corrected chi connectivity index (χ1v) is 8.93. The van der Waals surface area contributed by atoms with Crippen LogP contribution in [0.3, 0.4) is 0 Å². The summed E-state index contributed by atoms with van der Waals surface area (Å²) in [6, 6.07) is 0. The normalized spacial score (nSPS) is 11.8. The Labute approximate surface area is 128 Å². The van der Waals surface area contributed by atoms with E-state index in [-0.39, 0.29) is 4.90 Å². The minimum Gasteiger partial charge on any atom is -0.320 e. The van der Waals surface area contributed by atoms with Gasteiger partial charge in [0, 0.05) is 18.1 Å². The molecule has 0 aromatic carbocycles. The third kappa shape index (κ3) is 3.60. The summed E-state index contributed by atoms with van der Waals surface area (Å²) in [6.45, 7) is 5.02. The molecule has 2 aromatic heterocycles. The summed E-state index contributed by atoms with van der Waals surface area (Å²) >= 11 is 1.24. The summed E-state index contributed by atoms with van der Waals surface area (Å²) in [7, 11) is -1.77. The van der Waals surface area contributed by atoms with Crippen molar-refractivity contribution >= 4 is 26.5 Å². The summed E-state index contributed by atoms with van der Waals surface area (Å²) in [4.78, 5) is 4.18. The maximum Gasteiger partial charge on any atom is 0.267 e. The third-order valence-corrected chi connectivity index (χ3v) is 5.44. The lowest BCUT2D eigenvalue weighted by atomic mass is 10.4. The van der Waals surface area contributed by atoms with E-state index in [9.17, 15) is 8.42 Å². The van der Waals surface area contributed by atoms with Crippen molar-refractivity contribution in [2.45, 2.75) is 31.7 Å². The first kappa shape index (κ1) is 15.9. The van der Waals surface area contributed by atoms with Gasteiger partial charge in [-0.25, -0.2) is 13.4 Å². The van der Waals surface area contributed by atoms with E-state index in [2.05, 4.69) is 20.1 Å². The second-order valence-corrected chi connectivity index (χ2v) is 7.14. The molecule has 0 unspecified atom stereocenters. The van der Waals surface area contributed by atoms with Crippen LogP contribution in [-0.2, 0) is 16.6 Å². The Hall–Kier alpha value is -1.45. The van der Waals surface area contributed by atoms with E-state index in [1.807, 2.05) is 7.05 Å². The van der Waals surface area contributed by atoms with Gasteiger partial charge < -0.3 is 5.32 Å². The van der Waals surface area contributed by atoms with Crippen molar-refractivity contribution in [3.8, 4) is 0 Å². The van der Waals surface area contributed by atoms with E-state index in [4.69, 9.17) is 0 Å². The lowest BCUT2D eigenvalue weighted by Crippen LogP contribution is -2.15. The SMILES string of the molecule is CNCCCn1nc(C)c(S(=O)(=O)Nc2nccs2)c1C. The minimum absolute atomic E-state index is 0.238. The third-order valence-electron chi connectivity index (χ3n) is 3.03. The molecule has 0 aliphatic heterocycles. The average molecular weight is 329 g/mol. The van der Waals surface area contributed by atoms with Crippen LogP contribution in [0.25, 0.3) is 0 Å². The van der Waals surface area contributed by atoms with Gasteiger partial charge in [0.15, 0.2) is 5.13 Å². The van der Waals surface area contributed by atoms with E-state index in [0.29, 0.717) is 23.1 Å². The zero-order valence-corrected chi connectivity index (χ0v) is 13.9. The molecular weight excluding hydrogens is 310 g/mol. The molecule has 0 spiro atoms. The summed E-state index contributed by atoms with van der Waals surface area (Å²) in [5.74, 6) is 0. The van der Waals surface area contributed by atoms with Gasteiger partial charge in [0.05, 0.1) is 11.4 Å². The zero-order valence-electron chi connectivity index (χ0n) is 12.3. The second-order valence-electron chi connectivity index (χ2n) is 4.62. The van der Waals surface area contributed by atoms with Crippen molar-refractivity contribution in [2.24, 2.45) is 0 Å². The number of nitrogens with one attached hydrogen (secondary N) is 2. The number of sulfonamides is 1. The van der Waals surface area contributed by atoms with E-state index in [0.717, 1.165) is 13.0 Å². The van der Waals surface area contributed by atoms with Crippen molar-refractivity contribution in [2.75, 3.05) is 18.3 Å². The number of aromatic nitrogens is 3. The highest BCUT2D eigenvalue weighted by molar-refractivity contribution is 7.93. The molecular formula is C12H19N5O2S2. The van der Waals surface area contributed by atoms with Crippen LogP contribution in [-0.4, -0.2) is 36.8 Å². The lowest BCUT2D eigenvalue weighted by molar-refractivity contribution is 0.546. The van der Waals surface area contributed by atoms with Crippen LogP contribution in [0.2, 0.25) is 0 Å². The molecule has 0 radical (unpaired) electrons. The van der Waals surface area contributed by atoms with Gasteiger partial charge >= 0.3 is 0 Å². The fraction of sp³-hybridized carbons (Fsp3) is 0.500. The Kier molecular flexibility index (Phi) is 4.96. The van der Waals surface area contributed by atoms with Gasteiger partial charge in [0.2, 0.25) is 0 Å². The van der Waals surface area contributed by atoms with Gasteiger partial charge in [0.25, 0.3) is 10.0 Å². The molecule has 7 nitrogen and oxygen atoms in total. The monoisotopic (exact) mass is 329 g/mol. The number of hydrogen-bond acceptors (Lipinski definition) is 6. The zero-order chi connectivity index (χ0) is 15.5. The molecule has 2 N–H and O–H groups in total. The Morgan fingerprint density at radius 3 is 2.76 bits per heavy atom. The van der Waals surface area contributed by atoms with Gasteiger partial charge in [-0.2, -0.15) is 5.10 Å². The van der Waals surface area contributed by atoms with Gasteiger partial charge in [-0.1, -0.05) is 0 Å². The molecule has 0 saturated carbocycles. The second kappa shape index (κ2) is 6.54. The maximum atomic E-state index is 12.5. The molecule has 0 aliphatic carbocycles. The first-order chi connectivity index (χ1) is 9.95. The minimum atomic E-state index is -3.66. The highest BCUT2D eigenvalue weighted by Crippen LogP contribution is 2.23. The van der Waals surface area contributed by atoms with Crippen molar-refractivity contribution < 1.29 is 8.42 Å². The quantitative estimate of drug-likeness (QED) is 0.749. The molecule has 0 atom stereocenters. The van der Waals surface area contributed by atoms with Gasteiger partial charge in [-0.15, -0.1) is 11.3 Å². The molecule has 21 heavy (non-hydrogen) atoms. The smallest absolute Gasteiger partial charge is 0.267 e. The van der Waals surface area contributed by atoms with Crippen LogP contribution in [0, 0.1) is 13.8 Å². The molecule has 0 saturated heterocycles. The van der Waals surface area contributed by atoms with Crippen molar-refractivity contribution in [3.63, 3.8) is 0 Å². The number of aryl methyl sites for hydroxylation is 2. The van der Waals surface area contributed by atoms with Crippen molar-refractivity contribution in [3.05, 3.63) is 23.0 Å². The Morgan fingerprint density at radius 1 is 1.38 bits per heavy atom. The number of thiazole rings is 1. The van der Waals surface area contributed by atoms with Crippen molar-refractivity contribution in [1.82, 2.24) is 20.1 Å². The topological polar surface area (TPSA) is 88.9 Å². The van der Waals surface area contributed by atoms with Gasteiger partial charge in [-0.3, -0.25) is 9.40 Å². The van der Waals surface area contributed by atoms with Crippen LogP contribution in [0.1, 0.15) is 17.8 Å². The number of nitrogens with zero attached hydrogens (tertiary/aromatic N) is 3. The molecule has 9 heteroatoms. The molecule has 2 rings (SSSR count). The molecule has 2 aromatic rings. The molecule has 2 heterocycles. The Bertz CT molecular complexity index is 692. The largest absolute Gasteiger partial charge is 0.320 e. The van der Waals surface area contributed by atoms with Gasteiger partial charge in [-0.05, 0) is 33.9 Å². The van der Waals surface area contributed by atoms with E-state index < -0.39 is 10.0 Å². The molecule has 0 amide bonds. The lowest BCUT2D eigenvalue weighted by Gasteiger charge is -2.07. The summed E-state index contributed by atoms with van der Waals surface area (Å²) in [5.41, 5.74) is 1.15. The van der Waals surface area contributed by atoms with Gasteiger partial charge in [0.1, 0.15) is 4.90 Å². The van der Waals surface area contributed by atoms with Crippen LogP contribution in [0.15, 0.2) is 16.5 Å². The van der Waals surface area contributed by atoms with Crippen LogP contribution in [0.5, 0.6) is 0 Å². The van der Waals surface area contributed by atoms with E-state index >= 15 is 0 Å². The fourth-order valence-corrected chi connectivity index (χ4v) is 4.34. The average Bonchev–Trinajstić information content (AvgIpc) is 2.98. The van der Waals surface area contributed by atoms with Crippen molar-refractivity contribution in [1.29, 1.82) is 0 Å². The summed E-state index contributed by atoms with van der Waals surface area (Å²) in [5, 5.41) is 9.47. The van der Waals surface area contributed by atoms with Crippen LogP contribution >= 0.6 is 11.3 Å². The predicted molar refractivity (Wildman–Crippen MR) is 83.2 cm³/mol. The Morgan fingerprint density at radius 2 is 2.14 bits per heavy atom. The Balaban J connectivity index is 2.26. The highest BCUT2D eigenvalue weighted by atomic mass is 32.2. The standard InChI is InChI=1S/C12H19N5O2S2/c1-9-11(10(2)17(15-9)7-4-5-13-3)21(18,19)16-12-14-6-8-20-12/h6,8,13H,4-5,7H2,1-3H3,(H,14,16). The van der Waals surface area contributed by atoms with E-state index in [1.54, 1.807) is 30.1 Å². The molecule has 116 valence electrons. The molecule has 0 fully saturated rings. The highest BCUT2D eigenvalue weighted by Gasteiger charge is 2.25. The molecule has 0 bridgehead atoms. The summed E-state index contributed by atoms with van der Waals surface area (Å²) in [6.07, 6.45) is 2.45.